The van der Waals surface area contributed by atoms with Crippen molar-refractivity contribution in [2.24, 2.45) is 0 Å². The average Bonchev–Trinajstić information content (AvgIpc) is 3.33. The van der Waals surface area contributed by atoms with E-state index in [1.165, 1.54) is 27.8 Å². The van der Waals surface area contributed by atoms with E-state index < -0.39 is 10.0 Å². The van der Waals surface area contributed by atoms with Gasteiger partial charge in [-0.3, -0.25) is 9.69 Å². The fraction of sp³-hybridized carbons (Fsp3) is 0.481. The fourth-order valence-corrected chi connectivity index (χ4v) is 7.16. The Morgan fingerprint density at radius 3 is 2.31 bits per heavy atom. The number of hydrogen-bond acceptors (Lipinski definition) is 8. The Hall–Kier alpha value is -2.28. The third kappa shape index (κ3) is 7.08. The topological polar surface area (TPSA) is 92.3 Å². The predicted octanol–water partition coefficient (Wildman–Crippen LogP) is 4.51. The van der Waals surface area contributed by atoms with Gasteiger partial charge in [-0.1, -0.05) is 25.2 Å². The number of rotatable bonds is 10. The van der Waals surface area contributed by atoms with Crippen LogP contribution in [-0.4, -0.2) is 87.1 Å². The van der Waals surface area contributed by atoms with Gasteiger partial charge < -0.3 is 14.4 Å². The minimum absolute atomic E-state index is 0. The zero-order chi connectivity index (χ0) is 27.4. The van der Waals surface area contributed by atoms with E-state index in [1.807, 2.05) is 32.0 Å². The Balaban J connectivity index is 0.00000420. The van der Waals surface area contributed by atoms with Crippen LogP contribution in [0.5, 0.6) is 5.75 Å². The number of methoxy groups -OCH3 is 1. The van der Waals surface area contributed by atoms with Crippen LogP contribution in [0.3, 0.4) is 0 Å². The normalized spacial score (nSPS) is 18.2. The molecule has 0 aliphatic carbocycles. The van der Waals surface area contributed by atoms with Crippen LogP contribution in [-0.2, 0) is 14.8 Å². The van der Waals surface area contributed by atoms with Gasteiger partial charge in [-0.2, -0.15) is 4.31 Å². The second kappa shape index (κ2) is 13.4. The van der Waals surface area contributed by atoms with E-state index in [-0.39, 0.29) is 35.4 Å². The number of benzene rings is 2. The highest BCUT2D eigenvalue weighted by Gasteiger charge is 2.32. The van der Waals surface area contributed by atoms with E-state index in [1.54, 1.807) is 24.1 Å². The summed E-state index contributed by atoms with van der Waals surface area (Å²) in [7, 11) is -2.09. The summed E-state index contributed by atoms with van der Waals surface area (Å²) in [6.45, 7) is 11.4. The lowest BCUT2D eigenvalue weighted by Gasteiger charge is -2.34. The van der Waals surface area contributed by atoms with Crippen LogP contribution in [0.15, 0.2) is 47.4 Å². The summed E-state index contributed by atoms with van der Waals surface area (Å²) in [5.74, 6) is 0.483. The largest absolute Gasteiger partial charge is 0.497 e. The van der Waals surface area contributed by atoms with E-state index in [0.717, 1.165) is 23.3 Å². The van der Waals surface area contributed by atoms with E-state index in [0.29, 0.717) is 42.6 Å². The number of fused-ring (bicyclic) bond motifs is 1. The lowest BCUT2D eigenvalue weighted by atomic mass is 10.2. The Morgan fingerprint density at radius 1 is 1.08 bits per heavy atom. The Kier molecular flexibility index (Phi) is 10.7. The number of aromatic nitrogens is 1. The summed E-state index contributed by atoms with van der Waals surface area (Å²) in [5, 5.41) is 0.596. The van der Waals surface area contributed by atoms with Gasteiger partial charge in [0.15, 0.2) is 5.13 Å². The molecule has 39 heavy (non-hydrogen) atoms. The molecule has 0 saturated carbocycles. The van der Waals surface area contributed by atoms with Crippen molar-refractivity contribution in [1.82, 2.24) is 14.2 Å². The van der Waals surface area contributed by atoms with Gasteiger partial charge in [0, 0.05) is 37.8 Å². The molecule has 1 aliphatic rings. The van der Waals surface area contributed by atoms with Crippen LogP contribution in [0.4, 0.5) is 5.13 Å². The monoisotopic (exact) mass is 596 g/mol. The fourth-order valence-electron chi connectivity index (χ4n) is 4.60. The van der Waals surface area contributed by atoms with Gasteiger partial charge in [0.2, 0.25) is 10.0 Å². The quantitative estimate of drug-likeness (QED) is 0.340. The van der Waals surface area contributed by atoms with E-state index >= 15 is 0 Å². The highest BCUT2D eigenvalue weighted by Crippen LogP contribution is 2.32. The number of anilines is 1. The third-order valence-electron chi connectivity index (χ3n) is 6.72. The zero-order valence-electron chi connectivity index (χ0n) is 23.0. The van der Waals surface area contributed by atoms with Crippen molar-refractivity contribution in [3.63, 3.8) is 0 Å². The smallest absolute Gasteiger partial charge is 0.260 e. The number of carbonyl (C=O) groups is 1. The van der Waals surface area contributed by atoms with Gasteiger partial charge >= 0.3 is 0 Å². The maximum absolute atomic E-state index is 13.8. The Bertz CT molecular complexity index is 1350. The second-order valence-corrected chi connectivity index (χ2v) is 12.4. The van der Waals surface area contributed by atoms with Crippen molar-refractivity contribution in [3.8, 4) is 5.75 Å². The molecule has 2 aromatic carbocycles. The molecule has 0 spiro atoms. The minimum Gasteiger partial charge on any atom is -0.497 e. The van der Waals surface area contributed by atoms with Crippen LogP contribution < -0.4 is 9.64 Å². The SMILES string of the molecule is CCN(CC)CCN(C(=O)c1ccc(S(=O)(=O)N2CC(C)OC(C)C2)cc1)c1nc2cc(OC)ccc2s1.Cl. The van der Waals surface area contributed by atoms with Gasteiger partial charge in [0.1, 0.15) is 5.75 Å². The Labute approximate surface area is 241 Å². The first-order valence-electron chi connectivity index (χ1n) is 12.9. The maximum Gasteiger partial charge on any atom is 0.260 e. The van der Waals surface area contributed by atoms with Crippen molar-refractivity contribution in [2.45, 2.75) is 44.8 Å². The number of nitrogens with zero attached hydrogens (tertiary/aromatic N) is 4. The van der Waals surface area contributed by atoms with Crippen molar-refractivity contribution < 1.29 is 22.7 Å². The number of likely N-dealkylation sites (N-methyl/N-ethyl adjacent to an activating group) is 1. The molecular weight excluding hydrogens is 560 g/mol. The lowest BCUT2D eigenvalue weighted by Crippen LogP contribution is -2.48. The molecule has 4 rings (SSSR count). The average molecular weight is 597 g/mol. The molecule has 9 nitrogen and oxygen atoms in total. The van der Waals surface area contributed by atoms with Gasteiger partial charge in [0.05, 0.1) is 34.4 Å². The number of sulfonamides is 1. The summed E-state index contributed by atoms with van der Waals surface area (Å²) < 4.78 is 39.9. The number of thiazole rings is 1. The number of morpholine rings is 1. The van der Waals surface area contributed by atoms with Crippen molar-refractivity contribution >= 4 is 55.0 Å². The molecule has 0 radical (unpaired) electrons. The number of hydrogen-bond donors (Lipinski definition) is 0. The molecule has 3 aromatic rings. The van der Waals surface area contributed by atoms with Crippen molar-refractivity contribution in [2.75, 3.05) is 51.3 Å². The molecule has 1 saturated heterocycles. The molecule has 2 atom stereocenters. The molecule has 2 unspecified atom stereocenters. The van der Waals surface area contributed by atoms with Gasteiger partial charge in [-0.15, -0.1) is 12.4 Å². The lowest BCUT2D eigenvalue weighted by molar-refractivity contribution is -0.0440. The molecule has 214 valence electrons. The van der Waals surface area contributed by atoms with E-state index in [2.05, 4.69) is 18.7 Å². The number of halogens is 1. The third-order valence-corrected chi connectivity index (χ3v) is 9.62. The molecule has 1 amide bonds. The number of amides is 1. The summed E-state index contributed by atoms with van der Waals surface area (Å²) in [4.78, 5) is 22.6. The van der Waals surface area contributed by atoms with Crippen LogP contribution in [0, 0.1) is 0 Å². The summed E-state index contributed by atoms with van der Waals surface area (Å²) >= 11 is 1.45. The van der Waals surface area contributed by atoms with E-state index in [4.69, 9.17) is 14.5 Å². The molecular formula is C27H37ClN4O5S2. The van der Waals surface area contributed by atoms with Gasteiger partial charge in [-0.05, 0) is 63.3 Å². The van der Waals surface area contributed by atoms with E-state index in [9.17, 15) is 13.2 Å². The number of ether oxygens (including phenoxy) is 2. The Morgan fingerprint density at radius 2 is 1.72 bits per heavy atom. The minimum atomic E-state index is -3.70. The van der Waals surface area contributed by atoms with Crippen molar-refractivity contribution in [1.29, 1.82) is 0 Å². The standard InChI is InChI=1S/C27H36N4O5S2.ClH/c1-6-29(7-2)14-15-31(27-28-24-16-22(35-5)10-13-25(24)37-27)26(32)21-8-11-23(12-9-21)38(33,34)30-17-19(3)36-20(4)18-30;/h8-13,16,19-20H,6-7,14-15,17-18H2,1-5H3;1H. The first-order chi connectivity index (χ1) is 18.2. The number of carbonyl (C=O) groups excluding carboxylic acids is 1. The second-order valence-electron chi connectivity index (χ2n) is 9.42. The molecule has 0 N–H and O–H groups in total. The van der Waals surface area contributed by atoms with Crippen LogP contribution in [0.25, 0.3) is 10.2 Å². The predicted molar refractivity (Wildman–Crippen MR) is 158 cm³/mol. The van der Waals surface area contributed by atoms with Crippen molar-refractivity contribution in [3.05, 3.63) is 48.0 Å². The molecule has 1 aromatic heterocycles. The van der Waals surface area contributed by atoms with Crippen LogP contribution in [0.1, 0.15) is 38.1 Å². The highest BCUT2D eigenvalue weighted by molar-refractivity contribution is 7.89. The molecule has 0 bridgehead atoms. The molecule has 1 aliphatic heterocycles. The molecule has 12 heteroatoms. The first-order valence-corrected chi connectivity index (χ1v) is 15.2. The molecule has 1 fully saturated rings. The van der Waals surface area contributed by atoms with Crippen LogP contribution in [0.2, 0.25) is 0 Å². The highest BCUT2D eigenvalue weighted by atomic mass is 35.5. The first kappa shape index (κ1) is 31.3. The summed E-state index contributed by atoms with van der Waals surface area (Å²) in [6.07, 6.45) is -0.356. The summed E-state index contributed by atoms with van der Waals surface area (Å²) in [5.41, 5.74) is 1.17. The molecule has 2 heterocycles. The summed E-state index contributed by atoms with van der Waals surface area (Å²) in [6, 6.07) is 11.9. The van der Waals surface area contributed by atoms with Gasteiger partial charge in [0.25, 0.3) is 5.91 Å². The zero-order valence-corrected chi connectivity index (χ0v) is 25.4. The van der Waals surface area contributed by atoms with Crippen LogP contribution >= 0.6 is 23.7 Å². The maximum atomic E-state index is 13.8. The van der Waals surface area contributed by atoms with Gasteiger partial charge in [-0.25, -0.2) is 13.4 Å².